The van der Waals surface area contributed by atoms with Crippen molar-refractivity contribution in [3.8, 4) is 5.75 Å². The summed E-state index contributed by atoms with van der Waals surface area (Å²) in [5.41, 5.74) is 1.61. The number of amides is 1. The Balaban J connectivity index is 1.29. The van der Waals surface area contributed by atoms with Gasteiger partial charge in [-0.2, -0.15) is 18.3 Å². The van der Waals surface area contributed by atoms with E-state index in [1.165, 1.54) is 12.1 Å². The Morgan fingerprint density at radius 2 is 2.03 bits per heavy atom. The van der Waals surface area contributed by atoms with E-state index in [0.29, 0.717) is 43.5 Å². The summed E-state index contributed by atoms with van der Waals surface area (Å²) in [7, 11) is 0. The number of carbonyl (C=O) groups is 1. The second-order valence-corrected chi connectivity index (χ2v) is 7.82. The van der Waals surface area contributed by atoms with Crippen molar-refractivity contribution < 1.29 is 27.1 Å². The predicted molar refractivity (Wildman–Crippen MR) is 108 cm³/mol. The number of nitrogens with zero attached hydrogens (tertiary/aromatic N) is 3. The van der Waals surface area contributed by atoms with Crippen LogP contribution in [0.4, 0.5) is 13.2 Å². The lowest BCUT2D eigenvalue weighted by Gasteiger charge is -2.14. The number of ether oxygens (including phenoxy) is 1. The lowest BCUT2D eigenvalue weighted by Crippen LogP contribution is -2.28. The fraction of sp³-hybridized carbons (Fsp3) is 0.409. The van der Waals surface area contributed by atoms with Crippen LogP contribution in [0.5, 0.6) is 5.75 Å². The maximum Gasteiger partial charge on any atom is 0.416 e. The van der Waals surface area contributed by atoms with Crippen LogP contribution in [-0.2, 0) is 12.6 Å². The number of halogens is 3. The maximum atomic E-state index is 12.7. The number of H-pyrrole nitrogens is 1. The number of aromatic nitrogens is 3. The van der Waals surface area contributed by atoms with E-state index < -0.39 is 11.7 Å². The molecule has 1 aliphatic rings. The van der Waals surface area contributed by atoms with E-state index in [-0.39, 0.29) is 17.6 Å². The standard InChI is InChI=1S/C22H23F3N4O3/c1-13-20(32-14(2)26-13)21(30)29-9-7-15(12-29)19-11-17(27-28-19)8-10-31-18-5-3-16(4-6-18)22(23,24)25/h3-6,11,15H,7-10,12H2,1-2H3,(H,27,28)/t15-/m0/s1. The molecule has 3 heterocycles. The Kier molecular flexibility index (Phi) is 5.94. The molecular formula is C22H23F3N4O3. The molecule has 0 radical (unpaired) electrons. The number of carbonyl (C=O) groups excluding carboxylic acids is 1. The van der Waals surface area contributed by atoms with Crippen molar-refractivity contribution in [3.05, 3.63) is 64.6 Å². The van der Waals surface area contributed by atoms with E-state index in [9.17, 15) is 18.0 Å². The highest BCUT2D eigenvalue weighted by Gasteiger charge is 2.32. The largest absolute Gasteiger partial charge is 0.493 e. The van der Waals surface area contributed by atoms with E-state index in [1.807, 2.05) is 6.07 Å². The number of oxazole rings is 1. The third kappa shape index (κ3) is 4.79. The minimum absolute atomic E-state index is 0.115. The zero-order valence-electron chi connectivity index (χ0n) is 17.7. The number of hydrogen-bond donors (Lipinski definition) is 1. The highest BCUT2D eigenvalue weighted by Crippen LogP contribution is 2.30. The van der Waals surface area contributed by atoms with E-state index in [2.05, 4.69) is 15.2 Å². The number of hydrogen-bond acceptors (Lipinski definition) is 5. The summed E-state index contributed by atoms with van der Waals surface area (Å²) >= 11 is 0. The molecule has 170 valence electrons. The van der Waals surface area contributed by atoms with Crippen LogP contribution in [-0.4, -0.2) is 45.7 Å². The molecule has 1 atom stereocenters. The van der Waals surface area contributed by atoms with Crippen molar-refractivity contribution in [2.24, 2.45) is 0 Å². The number of alkyl halides is 3. The summed E-state index contributed by atoms with van der Waals surface area (Å²) in [5, 5.41) is 7.35. The normalized spacial score (nSPS) is 16.5. The van der Waals surface area contributed by atoms with Gasteiger partial charge in [0.25, 0.3) is 5.91 Å². The Bertz CT molecular complexity index is 1090. The third-order valence-corrected chi connectivity index (χ3v) is 5.46. The Morgan fingerprint density at radius 1 is 1.28 bits per heavy atom. The zero-order valence-corrected chi connectivity index (χ0v) is 17.7. The monoisotopic (exact) mass is 448 g/mol. The lowest BCUT2D eigenvalue weighted by atomic mass is 10.0. The summed E-state index contributed by atoms with van der Waals surface area (Å²) in [4.78, 5) is 18.6. The maximum absolute atomic E-state index is 12.7. The fourth-order valence-electron chi connectivity index (χ4n) is 3.80. The second kappa shape index (κ2) is 8.68. The fourth-order valence-corrected chi connectivity index (χ4v) is 3.80. The van der Waals surface area contributed by atoms with E-state index in [4.69, 9.17) is 9.15 Å². The molecule has 7 nitrogen and oxygen atoms in total. The van der Waals surface area contributed by atoms with E-state index in [1.54, 1.807) is 18.7 Å². The molecule has 0 saturated carbocycles. The van der Waals surface area contributed by atoms with Gasteiger partial charge in [0.2, 0.25) is 5.76 Å². The molecule has 4 rings (SSSR count). The second-order valence-electron chi connectivity index (χ2n) is 7.82. The molecule has 0 unspecified atom stereocenters. The SMILES string of the molecule is Cc1nc(C)c(C(=O)N2CC[C@H](c3cc(CCOc4ccc(C(F)(F)F)cc4)[nH]n3)C2)o1. The van der Waals surface area contributed by atoms with Gasteiger partial charge in [0.1, 0.15) is 5.75 Å². The number of aromatic amines is 1. The first-order chi connectivity index (χ1) is 15.2. The van der Waals surface area contributed by atoms with Gasteiger partial charge < -0.3 is 14.1 Å². The highest BCUT2D eigenvalue weighted by molar-refractivity contribution is 5.92. The predicted octanol–water partition coefficient (Wildman–Crippen LogP) is 4.28. The molecular weight excluding hydrogens is 425 g/mol. The first-order valence-electron chi connectivity index (χ1n) is 10.3. The summed E-state index contributed by atoms with van der Waals surface area (Å²) in [5.74, 6) is 1.08. The number of rotatable bonds is 6. The summed E-state index contributed by atoms with van der Waals surface area (Å²) < 4.78 is 48.8. The lowest BCUT2D eigenvalue weighted by molar-refractivity contribution is -0.137. The summed E-state index contributed by atoms with van der Waals surface area (Å²) in [6.45, 7) is 4.92. The molecule has 3 aromatic rings. The number of likely N-dealkylation sites (tertiary alicyclic amines) is 1. The summed E-state index contributed by atoms with van der Waals surface area (Å²) in [6.07, 6.45) is -3.04. The molecule has 1 N–H and O–H groups in total. The molecule has 1 saturated heterocycles. The molecule has 1 aliphatic heterocycles. The smallest absolute Gasteiger partial charge is 0.416 e. The minimum atomic E-state index is -4.36. The van der Waals surface area contributed by atoms with Crippen LogP contribution in [0.3, 0.4) is 0 Å². The molecule has 0 aliphatic carbocycles. The van der Waals surface area contributed by atoms with Crippen LogP contribution in [0.25, 0.3) is 0 Å². The first kappa shape index (κ1) is 21.9. The van der Waals surface area contributed by atoms with Gasteiger partial charge in [0.15, 0.2) is 5.89 Å². The van der Waals surface area contributed by atoms with Gasteiger partial charge in [-0.3, -0.25) is 9.89 Å². The van der Waals surface area contributed by atoms with Crippen LogP contribution in [0, 0.1) is 13.8 Å². The molecule has 1 aromatic carbocycles. The van der Waals surface area contributed by atoms with Crippen molar-refractivity contribution in [1.29, 1.82) is 0 Å². The number of nitrogens with one attached hydrogen (secondary N) is 1. The van der Waals surface area contributed by atoms with Gasteiger partial charge in [0.05, 0.1) is 23.6 Å². The van der Waals surface area contributed by atoms with Crippen molar-refractivity contribution in [2.75, 3.05) is 19.7 Å². The molecule has 0 spiro atoms. The molecule has 0 bridgehead atoms. The number of aryl methyl sites for hydroxylation is 2. The molecule has 32 heavy (non-hydrogen) atoms. The van der Waals surface area contributed by atoms with Crippen molar-refractivity contribution in [2.45, 2.75) is 38.8 Å². The van der Waals surface area contributed by atoms with Crippen LogP contribution in [0.15, 0.2) is 34.7 Å². The Hall–Kier alpha value is -3.30. The van der Waals surface area contributed by atoms with Crippen molar-refractivity contribution >= 4 is 5.91 Å². The molecule has 1 amide bonds. The van der Waals surface area contributed by atoms with Crippen LogP contribution >= 0.6 is 0 Å². The van der Waals surface area contributed by atoms with Gasteiger partial charge in [-0.1, -0.05) is 0 Å². The topological polar surface area (TPSA) is 84.3 Å². The zero-order chi connectivity index (χ0) is 22.9. The van der Waals surface area contributed by atoms with Crippen LogP contribution < -0.4 is 4.74 Å². The van der Waals surface area contributed by atoms with Crippen molar-refractivity contribution in [3.63, 3.8) is 0 Å². The Morgan fingerprint density at radius 3 is 2.69 bits per heavy atom. The quantitative estimate of drug-likeness (QED) is 0.608. The highest BCUT2D eigenvalue weighted by atomic mass is 19.4. The Labute approximate surface area is 182 Å². The van der Waals surface area contributed by atoms with Gasteiger partial charge >= 0.3 is 6.18 Å². The molecule has 2 aromatic heterocycles. The van der Waals surface area contributed by atoms with E-state index >= 15 is 0 Å². The van der Waals surface area contributed by atoms with Gasteiger partial charge in [-0.05, 0) is 43.7 Å². The average molecular weight is 448 g/mol. The third-order valence-electron chi connectivity index (χ3n) is 5.46. The van der Waals surface area contributed by atoms with Crippen molar-refractivity contribution in [1.82, 2.24) is 20.1 Å². The van der Waals surface area contributed by atoms with Gasteiger partial charge in [0, 0.05) is 38.0 Å². The number of benzene rings is 1. The molecule has 10 heteroatoms. The molecule has 1 fully saturated rings. The van der Waals surface area contributed by atoms with Gasteiger partial charge in [-0.25, -0.2) is 4.98 Å². The minimum Gasteiger partial charge on any atom is -0.493 e. The van der Waals surface area contributed by atoms with E-state index in [0.717, 1.165) is 29.9 Å². The first-order valence-corrected chi connectivity index (χ1v) is 10.3. The average Bonchev–Trinajstić information content (AvgIpc) is 3.47. The van der Waals surface area contributed by atoms with Crippen LogP contribution in [0.1, 0.15) is 51.4 Å². The van der Waals surface area contributed by atoms with Gasteiger partial charge in [-0.15, -0.1) is 0 Å². The summed E-state index contributed by atoms with van der Waals surface area (Å²) in [6, 6.07) is 6.56. The van der Waals surface area contributed by atoms with Crippen LogP contribution in [0.2, 0.25) is 0 Å².